The van der Waals surface area contributed by atoms with Crippen molar-refractivity contribution in [1.29, 1.82) is 0 Å². The van der Waals surface area contributed by atoms with Crippen molar-refractivity contribution in [3.8, 4) is 0 Å². The van der Waals surface area contributed by atoms with Crippen LogP contribution in [0.5, 0.6) is 0 Å². The van der Waals surface area contributed by atoms with E-state index in [0.29, 0.717) is 18.1 Å². The van der Waals surface area contributed by atoms with Gasteiger partial charge in [-0.3, -0.25) is 10.1 Å². The number of piperidine rings is 1. The lowest BCUT2D eigenvalue weighted by Crippen LogP contribution is -2.36. The van der Waals surface area contributed by atoms with Gasteiger partial charge in [-0.25, -0.2) is 8.42 Å². The predicted octanol–water partition coefficient (Wildman–Crippen LogP) is 1.27. The first kappa shape index (κ1) is 15.2. The highest BCUT2D eigenvalue weighted by molar-refractivity contribution is 7.92. The summed E-state index contributed by atoms with van der Waals surface area (Å²) in [6, 6.07) is 1.12. The Morgan fingerprint density at radius 3 is 2.85 bits per heavy atom. The second-order valence-electron chi connectivity index (χ2n) is 4.92. The molecule has 1 saturated heterocycles. The van der Waals surface area contributed by atoms with Crippen LogP contribution in [0.25, 0.3) is 0 Å². The summed E-state index contributed by atoms with van der Waals surface area (Å²) in [5, 5.41) is 20.7. The van der Waals surface area contributed by atoms with Gasteiger partial charge in [0.1, 0.15) is 4.21 Å². The van der Waals surface area contributed by atoms with Gasteiger partial charge < -0.3 is 10.0 Å². The van der Waals surface area contributed by atoms with Crippen LogP contribution in [0.4, 0.5) is 10.7 Å². The molecule has 0 radical (unpaired) electrons. The first-order valence-corrected chi connectivity index (χ1v) is 8.88. The smallest absolute Gasteiger partial charge is 0.305 e. The van der Waals surface area contributed by atoms with Crippen LogP contribution in [0.3, 0.4) is 0 Å². The third-order valence-electron chi connectivity index (χ3n) is 3.30. The average molecular weight is 320 g/mol. The van der Waals surface area contributed by atoms with Crippen LogP contribution in [0.1, 0.15) is 12.8 Å². The molecule has 7 nitrogen and oxygen atoms in total. The first-order valence-electron chi connectivity index (χ1n) is 6.17. The number of nitro groups is 1. The molecule has 1 aliphatic heterocycles. The molecular weight excluding hydrogens is 304 g/mol. The number of hydrogen-bond acceptors (Lipinski definition) is 7. The second-order valence-corrected chi connectivity index (χ2v) is 8.20. The highest BCUT2D eigenvalue weighted by atomic mass is 32.2. The van der Waals surface area contributed by atoms with Crippen LogP contribution < -0.4 is 4.90 Å². The van der Waals surface area contributed by atoms with Gasteiger partial charge in [0.2, 0.25) is 0 Å². The van der Waals surface area contributed by atoms with Crippen LogP contribution >= 0.6 is 11.3 Å². The van der Waals surface area contributed by atoms with Crippen molar-refractivity contribution < 1.29 is 18.4 Å². The van der Waals surface area contributed by atoms with Crippen molar-refractivity contribution in [2.75, 3.05) is 30.9 Å². The maximum atomic E-state index is 11.6. The van der Waals surface area contributed by atoms with Gasteiger partial charge in [-0.2, -0.15) is 0 Å². The van der Waals surface area contributed by atoms with E-state index in [1.54, 1.807) is 0 Å². The fraction of sp³-hybridized carbons (Fsp3) is 0.636. The summed E-state index contributed by atoms with van der Waals surface area (Å²) < 4.78 is 23.1. The number of aliphatic hydroxyl groups excluding tert-OH is 1. The largest absolute Gasteiger partial charge is 0.396 e. The maximum Gasteiger partial charge on any atom is 0.305 e. The Kier molecular flexibility index (Phi) is 4.31. The fourth-order valence-electron chi connectivity index (χ4n) is 2.29. The number of sulfone groups is 1. The Balaban J connectivity index is 2.39. The van der Waals surface area contributed by atoms with Crippen LogP contribution in [-0.2, 0) is 9.84 Å². The first-order chi connectivity index (χ1) is 9.32. The molecule has 2 rings (SSSR count). The monoisotopic (exact) mass is 320 g/mol. The van der Waals surface area contributed by atoms with Crippen LogP contribution in [0.15, 0.2) is 10.3 Å². The maximum absolute atomic E-state index is 11.6. The highest BCUT2D eigenvalue weighted by Crippen LogP contribution is 2.41. The molecule has 0 aliphatic carbocycles. The van der Waals surface area contributed by atoms with Gasteiger partial charge in [0.25, 0.3) is 0 Å². The number of aliphatic hydroxyl groups is 1. The van der Waals surface area contributed by atoms with E-state index in [4.69, 9.17) is 0 Å². The van der Waals surface area contributed by atoms with E-state index in [1.807, 2.05) is 4.90 Å². The highest BCUT2D eigenvalue weighted by Gasteiger charge is 2.30. The molecule has 1 unspecified atom stereocenters. The van der Waals surface area contributed by atoms with Gasteiger partial charge in [-0.05, 0) is 18.8 Å². The normalized spacial score (nSPS) is 20.1. The Hall–Kier alpha value is -1.19. The summed E-state index contributed by atoms with van der Waals surface area (Å²) in [7, 11) is -3.46. The minimum absolute atomic E-state index is 0.00493. The van der Waals surface area contributed by atoms with Crippen molar-refractivity contribution in [3.63, 3.8) is 0 Å². The molecule has 0 amide bonds. The third kappa shape index (κ3) is 3.10. The number of rotatable bonds is 4. The zero-order valence-electron chi connectivity index (χ0n) is 11.0. The summed E-state index contributed by atoms with van der Waals surface area (Å²) in [5.74, 6) is 0.0761. The van der Waals surface area contributed by atoms with E-state index in [-0.39, 0.29) is 22.4 Å². The van der Waals surface area contributed by atoms with E-state index in [1.165, 1.54) is 0 Å². The van der Waals surface area contributed by atoms with E-state index < -0.39 is 14.8 Å². The van der Waals surface area contributed by atoms with Crippen molar-refractivity contribution in [1.82, 2.24) is 0 Å². The van der Waals surface area contributed by atoms with E-state index >= 15 is 0 Å². The zero-order valence-corrected chi connectivity index (χ0v) is 12.6. The van der Waals surface area contributed by atoms with Gasteiger partial charge in [0.15, 0.2) is 14.8 Å². The summed E-state index contributed by atoms with van der Waals surface area (Å²) in [6.07, 6.45) is 2.75. The van der Waals surface area contributed by atoms with Crippen LogP contribution in [0.2, 0.25) is 0 Å². The summed E-state index contributed by atoms with van der Waals surface area (Å²) >= 11 is 0.928. The van der Waals surface area contributed by atoms with E-state index in [2.05, 4.69) is 0 Å². The Labute approximate surface area is 120 Å². The molecule has 1 aliphatic rings. The number of nitrogens with zero attached hydrogens (tertiary/aromatic N) is 2. The molecule has 1 atom stereocenters. The molecule has 1 aromatic rings. The minimum atomic E-state index is -3.46. The van der Waals surface area contributed by atoms with Gasteiger partial charge in [-0.15, -0.1) is 0 Å². The molecule has 2 heterocycles. The summed E-state index contributed by atoms with van der Waals surface area (Å²) in [5.41, 5.74) is -0.172. The molecule has 9 heteroatoms. The van der Waals surface area contributed by atoms with Gasteiger partial charge in [0.05, 0.1) is 4.92 Å². The zero-order chi connectivity index (χ0) is 14.9. The Bertz CT molecular complexity index is 610. The predicted molar refractivity (Wildman–Crippen MR) is 76.1 cm³/mol. The number of hydrogen-bond donors (Lipinski definition) is 1. The molecule has 1 aromatic heterocycles. The molecule has 0 aromatic carbocycles. The van der Waals surface area contributed by atoms with E-state index in [9.17, 15) is 23.6 Å². The molecular formula is C11H16N2O5S2. The Morgan fingerprint density at radius 1 is 1.60 bits per heavy atom. The molecule has 1 N–H and O–H groups in total. The molecule has 112 valence electrons. The lowest BCUT2D eigenvalue weighted by Gasteiger charge is -2.31. The SMILES string of the molecule is CS(=O)(=O)c1cc([N+](=O)[O-])c(N2CCCC(CO)C2)s1. The third-order valence-corrected chi connectivity index (χ3v) is 6.28. The lowest BCUT2D eigenvalue weighted by atomic mass is 9.99. The molecule has 0 bridgehead atoms. The topological polar surface area (TPSA) is 101 Å². The number of anilines is 1. The average Bonchev–Trinajstić information content (AvgIpc) is 2.84. The van der Waals surface area contributed by atoms with Crippen molar-refractivity contribution in [2.24, 2.45) is 5.92 Å². The quantitative estimate of drug-likeness (QED) is 0.662. The Morgan fingerprint density at radius 2 is 2.30 bits per heavy atom. The minimum Gasteiger partial charge on any atom is -0.396 e. The van der Waals surface area contributed by atoms with Gasteiger partial charge in [0, 0.05) is 32.0 Å². The second kappa shape index (κ2) is 5.66. The standard InChI is InChI=1S/C11H16N2O5S2/c1-20(17,18)10-5-9(13(15)16)11(19-10)12-4-2-3-8(6-12)7-14/h5,8,14H,2-4,6-7H2,1H3. The van der Waals surface area contributed by atoms with Crippen molar-refractivity contribution in [2.45, 2.75) is 17.1 Å². The fourth-order valence-corrected chi connectivity index (χ4v) is 4.35. The van der Waals surface area contributed by atoms with Crippen molar-refractivity contribution in [3.05, 3.63) is 16.2 Å². The summed E-state index contributed by atoms with van der Waals surface area (Å²) in [4.78, 5) is 12.4. The van der Waals surface area contributed by atoms with Crippen LogP contribution in [0, 0.1) is 16.0 Å². The molecule has 1 fully saturated rings. The van der Waals surface area contributed by atoms with Gasteiger partial charge >= 0.3 is 5.69 Å². The number of thiophene rings is 1. The molecule has 20 heavy (non-hydrogen) atoms. The van der Waals surface area contributed by atoms with E-state index in [0.717, 1.165) is 36.5 Å². The summed E-state index contributed by atoms with van der Waals surface area (Å²) in [6.45, 7) is 1.19. The van der Waals surface area contributed by atoms with Crippen molar-refractivity contribution >= 4 is 31.9 Å². The van der Waals surface area contributed by atoms with Gasteiger partial charge in [-0.1, -0.05) is 11.3 Å². The lowest BCUT2D eigenvalue weighted by molar-refractivity contribution is -0.383. The molecule has 0 spiro atoms. The molecule has 0 saturated carbocycles. The van der Waals surface area contributed by atoms with Crippen LogP contribution in [-0.4, -0.2) is 44.4 Å².